The van der Waals surface area contributed by atoms with Gasteiger partial charge >= 0.3 is 0 Å². The van der Waals surface area contributed by atoms with E-state index in [2.05, 4.69) is 12.2 Å². The first-order chi connectivity index (χ1) is 9.69. The fourth-order valence-electron chi connectivity index (χ4n) is 4.90. The summed E-state index contributed by atoms with van der Waals surface area (Å²) in [6.45, 7) is 2.09. The summed E-state index contributed by atoms with van der Waals surface area (Å²) in [6.07, 6.45) is 5.02. The molecule has 4 rings (SSSR count). The minimum Gasteiger partial charge on any atom is -0.398 e. The van der Waals surface area contributed by atoms with Crippen LogP contribution in [0.15, 0.2) is 18.2 Å². The summed E-state index contributed by atoms with van der Waals surface area (Å²) in [7, 11) is 0. The number of aryl methyl sites for hydroxylation is 1. The second kappa shape index (κ2) is 4.24. The Hall–Kier alpha value is -1.51. The summed E-state index contributed by atoms with van der Waals surface area (Å²) in [6, 6.07) is 5.88. The molecule has 3 nitrogen and oxygen atoms in total. The third kappa shape index (κ3) is 1.68. The Morgan fingerprint density at radius 2 is 2.00 bits per heavy atom. The number of fused-ring (bicyclic) bond motifs is 5. The molecule has 3 aliphatic carbocycles. The highest BCUT2D eigenvalue weighted by Crippen LogP contribution is 2.69. The number of hydrogen-bond donors (Lipinski definition) is 2. The maximum Gasteiger partial charge on any atom is 0.228 e. The molecule has 3 N–H and O–H groups in total. The second-order valence-corrected chi connectivity index (χ2v) is 6.77. The summed E-state index contributed by atoms with van der Waals surface area (Å²) in [4.78, 5) is 12.4. The van der Waals surface area contributed by atoms with Gasteiger partial charge in [-0.25, -0.2) is 0 Å². The molecule has 4 unspecified atom stereocenters. The fourth-order valence-corrected chi connectivity index (χ4v) is 4.90. The number of nitrogen functional groups attached to an aromatic ring is 1. The maximum absolute atomic E-state index is 12.4. The Morgan fingerprint density at radius 3 is 2.60 bits per heavy atom. The zero-order valence-corrected chi connectivity index (χ0v) is 11.9. The van der Waals surface area contributed by atoms with Crippen molar-refractivity contribution in [3.63, 3.8) is 0 Å². The topological polar surface area (TPSA) is 55.1 Å². The first-order valence-corrected chi connectivity index (χ1v) is 7.88. The second-order valence-electron chi connectivity index (χ2n) is 6.77. The Kier molecular flexibility index (Phi) is 2.60. The first-order valence-electron chi connectivity index (χ1n) is 7.88. The average Bonchev–Trinajstić information content (AvgIpc) is 2.88. The Morgan fingerprint density at radius 1 is 1.30 bits per heavy atom. The van der Waals surface area contributed by atoms with Crippen LogP contribution in [0.1, 0.15) is 31.7 Å². The zero-order valence-electron chi connectivity index (χ0n) is 11.9. The van der Waals surface area contributed by atoms with Crippen LogP contribution in [0.3, 0.4) is 0 Å². The summed E-state index contributed by atoms with van der Waals surface area (Å²) < 4.78 is 0. The molecule has 0 spiro atoms. The predicted octanol–water partition coefficient (Wildman–Crippen LogP) is 3.06. The fraction of sp³-hybridized carbons (Fsp3) is 0.588. The van der Waals surface area contributed by atoms with Crippen LogP contribution in [-0.4, -0.2) is 5.91 Å². The summed E-state index contributed by atoms with van der Waals surface area (Å²) in [5, 5.41) is 3.07. The van der Waals surface area contributed by atoms with Gasteiger partial charge in [0, 0.05) is 17.3 Å². The van der Waals surface area contributed by atoms with Gasteiger partial charge in [-0.15, -0.1) is 0 Å². The lowest BCUT2D eigenvalue weighted by Gasteiger charge is -2.11. The van der Waals surface area contributed by atoms with Crippen molar-refractivity contribution in [2.45, 2.75) is 32.6 Å². The quantitative estimate of drug-likeness (QED) is 0.829. The molecule has 1 aromatic rings. The molecule has 0 saturated heterocycles. The highest BCUT2D eigenvalue weighted by Gasteiger charge is 2.67. The third-order valence-corrected chi connectivity index (χ3v) is 5.83. The minimum atomic E-state index is 0.222. The van der Waals surface area contributed by atoms with Gasteiger partial charge in [0.15, 0.2) is 0 Å². The Labute approximate surface area is 119 Å². The maximum atomic E-state index is 12.4. The molecule has 0 aliphatic heterocycles. The smallest absolute Gasteiger partial charge is 0.228 e. The van der Waals surface area contributed by atoms with Crippen LogP contribution in [0.25, 0.3) is 0 Å². The van der Waals surface area contributed by atoms with E-state index in [1.165, 1.54) is 19.3 Å². The van der Waals surface area contributed by atoms with E-state index in [4.69, 9.17) is 5.73 Å². The van der Waals surface area contributed by atoms with Gasteiger partial charge in [0.1, 0.15) is 0 Å². The lowest BCUT2D eigenvalue weighted by Crippen LogP contribution is -2.18. The predicted molar refractivity (Wildman–Crippen MR) is 80.2 cm³/mol. The molecule has 3 fully saturated rings. The zero-order chi connectivity index (χ0) is 13.9. The van der Waals surface area contributed by atoms with Crippen molar-refractivity contribution in [1.82, 2.24) is 0 Å². The Bertz CT molecular complexity index is 552. The van der Waals surface area contributed by atoms with E-state index in [-0.39, 0.29) is 11.8 Å². The number of anilines is 2. The van der Waals surface area contributed by atoms with Crippen LogP contribution in [0.4, 0.5) is 11.4 Å². The molecule has 106 valence electrons. The number of nitrogens with two attached hydrogens (primary N) is 1. The largest absolute Gasteiger partial charge is 0.398 e. The molecule has 3 saturated carbocycles. The SMILES string of the molecule is CCc1ccc(NC(=O)C2C3C4CCC(C4)C23)cc1N. The van der Waals surface area contributed by atoms with Gasteiger partial charge < -0.3 is 11.1 Å². The average molecular weight is 270 g/mol. The lowest BCUT2D eigenvalue weighted by molar-refractivity contribution is -0.118. The highest BCUT2D eigenvalue weighted by atomic mass is 16.2. The van der Waals surface area contributed by atoms with E-state index in [0.717, 1.165) is 35.2 Å². The molecule has 3 heteroatoms. The number of nitrogens with one attached hydrogen (secondary N) is 1. The van der Waals surface area contributed by atoms with E-state index < -0.39 is 0 Å². The van der Waals surface area contributed by atoms with Crippen LogP contribution in [0.5, 0.6) is 0 Å². The number of benzene rings is 1. The molecule has 1 amide bonds. The molecular weight excluding hydrogens is 248 g/mol. The molecule has 3 aliphatic rings. The van der Waals surface area contributed by atoms with Crippen molar-refractivity contribution in [3.05, 3.63) is 23.8 Å². The van der Waals surface area contributed by atoms with E-state index >= 15 is 0 Å². The highest BCUT2D eigenvalue weighted by molar-refractivity contribution is 5.95. The van der Waals surface area contributed by atoms with E-state index in [1.54, 1.807) is 0 Å². The van der Waals surface area contributed by atoms with Crippen LogP contribution < -0.4 is 11.1 Å². The van der Waals surface area contributed by atoms with E-state index in [9.17, 15) is 4.79 Å². The number of rotatable bonds is 3. The van der Waals surface area contributed by atoms with Crippen molar-refractivity contribution in [2.75, 3.05) is 11.1 Å². The van der Waals surface area contributed by atoms with E-state index in [1.807, 2.05) is 18.2 Å². The summed E-state index contributed by atoms with van der Waals surface area (Å²) in [5.74, 6) is 3.58. The summed E-state index contributed by atoms with van der Waals surface area (Å²) >= 11 is 0. The van der Waals surface area contributed by atoms with Crippen LogP contribution in [-0.2, 0) is 11.2 Å². The molecule has 0 aromatic heterocycles. The van der Waals surface area contributed by atoms with Gasteiger partial charge in [0.2, 0.25) is 5.91 Å². The van der Waals surface area contributed by atoms with Gasteiger partial charge in [-0.3, -0.25) is 4.79 Å². The minimum absolute atomic E-state index is 0.222. The Balaban J connectivity index is 1.45. The molecule has 0 heterocycles. The van der Waals surface area contributed by atoms with Gasteiger partial charge in [-0.05, 0) is 67.1 Å². The molecule has 0 radical (unpaired) electrons. The lowest BCUT2D eigenvalue weighted by atomic mass is 10.0. The molecule has 20 heavy (non-hydrogen) atoms. The number of carbonyl (C=O) groups is 1. The van der Waals surface area contributed by atoms with Crippen molar-refractivity contribution < 1.29 is 4.79 Å². The van der Waals surface area contributed by atoms with Crippen molar-refractivity contribution in [3.8, 4) is 0 Å². The standard InChI is InChI=1S/C17H22N2O/c1-2-9-5-6-12(8-13(9)18)19-17(20)16-14-10-3-4-11(7-10)15(14)16/h5-6,8,10-11,14-16H,2-4,7,18H2,1H3,(H,19,20). The van der Waals surface area contributed by atoms with Gasteiger partial charge in [-0.2, -0.15) is 0 Å². The molecule has 1 aromatic carbocycles. The van der Waals surface area contributed by atoms with Gasteiger partial charge in [-0.1, -0.05) is 13.0 Å². The first kappa shape index (κ1) is 12.2. The van der Waals surface area contributed by atoms with Crippen LogP contribution in [0, 0.1) is 29.6 Å². The van der Waals surface area contributed by atoms with Crippen molar-refractivity contribution in [1.29, 1.82) is 0 Å². The molecular formula is C17H22N2O. The number of hydrogen-bond acceptors (Lipinski definition) is 2. The third-order valence-electron chi connectivity index (χ3n) is 5.83. The van der Waals surface area contributed by atoms with Crippen molar-refractivity contribution >= 4 is 17.3 Å². The molecule has 2 bridgehead atoms. The molecule has 4 atom stereocenters. The number of amides is 1. The van der Waals surface area contributed by atoms with Gasteiger partial charge in [0.25, 0.3) is 0 Å². The monoisotopic (exact) mass is 270 g/mol. The number of carbonyl (C=O) groups excluding carboxylic acids is 1. The van der Waals surface area contributed by atoms with Crippen LogP contribution >= 0.6 is 0 Å². The summed E-state index contributed by atoms with van der Waals surface area (Å²) in [5.41, 5.74) is 8.77. The van der Waals surface area contributed by atoms with Crippen LogP contribution in [0.2, 0.25) is 0 Å². The van der Waals surface area contributed by atoms with Crippen molar-refractivity contribution in [2.24, 2.45) is 29.6 Å². The van der Waals surface area contributed by atoms with E-state index in [0.29, 0.717) is 11.8 Å². The van der Waals surface area contributed by atoms with Gasteiger partial charge in [0.05, 0.1) is 0 Å². The normalized spacial score (nSPS) is 36.8.